The molecule has 2 N–H and O–H groups in total. The van der Waals surface area contributed by atoms with Crippen LogP contribution in [0.3, 0.4) is 0 Å². The maximum absolute atomic E-state index is 8.66. The second-order valence-electron chi connectivity index (χ2n) is 5.31. The van der Waals surface area contributed by atoms with E-state index in [1.807, 2.05) is 36.7 Å². The summed E-state index contributed by atoms with van der Waals surface area (Å²) in [5, 5.41) is 12.7. The first-order valence-electron chi connectivity index (χ1n) is 7.33. The third-order valence-corrected chi connectivity index (χ3v) is 3.68. The van der Waals surface area contributed by atoms with Gasteiger partial charge in [0, 0.05) is 11.1 Å². The molecule has 1 heterocycles. The predicted octanol–water partition coefficient (Wildman–Crippen LogP) is 3.34. The molecule has 0 unspecified atom stereocenters. The third kappa shape index (κ3) is 3.07. The fourth-order valence-corrected chi connectivity index (χ4v) is 2.62. The van der Waals surface area contributed by atoms with Crippen LogP contribution < -0.4 is 5.48 Å². The largest absolute Gasteiger partial charge is 0.334 e. The second-order valence-corrected chi connectivity index (χ2v) is 5.31. The number of hydroxylamine groups is 1. The number of nitrogens with zero attached hydrogens (tertiary/aromatic N) is 3. The molecule has 0 radical (unpaired) electrons. The van der Waals surface area contributed by atoms with Crippen molar-refractivity contribution in [3.8, 4) is 11.4 Å². The van der Waals surface area contributed by atoms with Gasteiger partial charge in [-0.3, -0.25) is 10.7 Å². The Balaban J connectivity index is 1.95. The summed E-state index contributed by atoms with van der Waals surface area (Å²) in [5.74, 6) is 1.10. The van der Waals surface area contributed by atoms with E-state index in [2.05, 4.69) is 15.1 Å². The average Bonchev–Trinajstić information content (AvgIpc) is 3.03. The number of hydrogen-bond donors (Lipinski definition) is 2. The lowest BCUT2D eigenvalue weighted by Gasteiger charge is -2.13. The Kier molecular flexibility index (Phi) is 4.29. The first-order valence-corrected chi connectivity index (χ1v) is 7.33. The molecule has 1 aromatic carbocycles. The van der Waals surface area contributed by atoms with E-state index in [-0.39, 0.29) is 0 Å². The number of aliphatic imine (C=N–C) groups is 1. The van der Waals surface area contributed by atoms with Gasteiger partial charge < -0.3 is 4.52 Å². The topological polar surface area (TPSA) is 83.5 Å². The van der Waals surface area contributed by atoms with Crippen molar-refractivity contribution in [2.24, 2.45) is 4.99 Å². The van der Waals surface area contributed by atoms with E-state index in [1.54, 1.807) is 0 Å². The standard InChI is InChI=1S/C16H18N4O2/c1-11-5-4-6-12(9-11)15-19-16(22-20-15)13-7-2-3-8-14(13)17-10-18-21/h4-6,9-10,21H,2-3,7-8H2,1H3,(H,17,18). The summed E-state index contributed by atoms with van der Waals surface area (Å²) in [6.07, 6.45) is 5.10. The van der Waals surface area contributed by atoms with Crippen LogP contribution in [0.5, 0.6) is 0 Å². The van der Waals surface area contributed by atoms with Crippen LogP contribution in [0.1, 0.15) is 37.1 Å². The first kappa shape index (κ1) is 14.5. The van der Waals surface area contributed by atoms with Gasteiger partial charge in [0.05, 0.1) is 5.70 Å². The maximum Gasteiger partial charge on any atom is 0.256 e. The molecule has 0 saturated heterocycles. The highest BCUT2D eigenvalue weighted by Gasteiger charge is 2.20. The van der Waals surface area contributed by atoms with Crippen molar-refractivity contribution < 1.29 is 9.73 Å². The van der Waals surface area contributed by atoms with Crippen LogP contribution in [0.25, 0.3) is 17.0 Å². The smallest absolute Gasteiger partial charge is 0.256 e. The minimum Gasteiger partial charge on any atom is -0.334 e. The fraction of sp³-hybridized carbons (Fsp3) is 0.312. The molecule has 0 fully saturated rings. The third-order valence-electron chi connectivity index (χ3n) is 3.68. The fourth-order valence-electron chi connectivity index (χ4n) is 2.62. The van der Waals surface area contributed by atoms with Gasteiger partial charge in [-0.1, -0.05) is 28.9 Å². The van der Waals surface area contributed by atoms with Gasteiger partial charge in [-0.05, 0) is 38.7 Å². The lowest BCUT2D eigenvalue weighted by molar-refractivity contribution is 0.239. The zero-order valence-electron chi connectivity index (χ0n) is 12.4. The predicted molar refractivity (Wildman–Crippen MR) is 83.3 cm³/mol. The van der Waals surface area contributed by atoms with E-state index in [0.29, 0.717) is 11.7 Å². The number of aryl methyl sites for hydroxylation is 1. The number of benzene rings is 1. The lowest BCUT2D eigenvalue weighted by Crippen LogP contribution is -2.05. The van der Waals surface area contributed by atoms with Gasteiger partial charge in [0.25, 0.3) is 5.89 Å². The van der Waals surface area contributed by atoms with Crippen molar-refractivity contribution in [3.05, 3.63) is 41.4 Å². The molecule has 0 spiro atoms. The molecule has 0 bridgehead atoms. The highest BCUT2D eigenvalue weighted by atomic mass is 16.5. The molecule has 6 heteroatoms. The molecule has 1 aliphatic carbocycles. The molecule has 6 nitrogen and oxygen atoms in total. The summed E-state index contributed by atoms with van der Waals surface area (Å²) in [5.41, 5.74) is 5.87. The van der Waals surface area contributed by atoms with Crippen LogP contribution in [0, 0.1) is 6.92 Å². The van der Waals surface area contributed by atoms with E-state index in [4.69, 9.17) is 9.73 Å². The van der Waals surface area contributed by atoms with E-state index in [0.717, 1.165) is 48.1 Å². The SMILES string of the molecule is Cc1cccc(-c2noc(C3=C(N=CNO)CCCC3)n2)c1. The van der Waals surface area contributed by atoms with Gasteiger partial charge in [-0.15, -0.1) is 0 Å². The van der Waals surface area contributed by atoms with E-state index >= 15 is 0 Å². The summed E-state index contributed by atoms with van der Waals surface area (Å²) in [6.45, 7) is 2.03. The number of aromatic nitrogens is 2. The van der Waals surface area contributed by atoms with Gasteiger partial charge >= 0.3 is 0 Å². The van der Waals surface area contributed by atoms with E-state index < -0.39 is 0 Å². The van der Waals surface area contributed by atoms with E-state index in [1.165, 1.54) is 6.34 Å². The summed E-state index contributed by atoms with van der Waals surface area (Å²) in [4.78, 5) is 8.73. The highest BCUT2D eigenvalue weighted by Crippen LogP contribution is 2.32. The molecule has 1 aliphatic rings. The Morgan fingerprint density at radius 1 is 1.32 bits per heavy atom. The Bertz CT molecular complexity index is 718. The number of nitrogens with one attached hydrogen (secondary N) is 1. The summed E-state index contributed by atoms with van der Waals surface area (Å²) in [6, 6.07) is 8.00. The first-order chi connectivity index (χ1) is 10.8. The molecule has 114 valence electrons. The van der Waals surface area contributed by atoms with Crippen LogP contribution in [-0.2, 0) is 0 Å². The summed E-state index contributed by atoms with van der Waals surface area (Å²) < 4.78 is 5.43. The zero-order chi connectivity index (χ0) is 15.4. The number of allylic oxidation sites excluding steroid dienone is 2. The molecule has 22 heavy (non-hydrogen) atoms. The monoisotopic (exact) mass is 298 g/mol. The van der Waals surface area contributed by atoms with Crippen molar-refractivity contribution in [2.45, 2.75) is 32.6 Å². The molecule has 0 aliphatic heterocycles. The van der Waals surface area contributed by atoms with Crippen LogP contribution >= 0.6 is 0 Å². The molecule has 1 aromatic heterocycles. The van der Waals surface area contributed by atoms with Crippen LogP contribution in [0.15, 0.2) is 39.5 Å². The van der Waals surface area contributed by atoms with Gasteiger partial charge in [-0.25, -0.2) is 4.99 Å². The minimum atomic E-state index is 0.515. The molecule has 3 rings (SSSR count). The van der Waals surface area contributed by atoms with Crippen LogP contribution in [0.4, 0.5) is 0 Å². The molecule has 0 atom stereocenters. The number of rotatable bonds is 4. The van der Waals surface area contributed by atoms with Gasteiger partial charge in [0.15, 0.2) is 0 Å². The molecular formula is C16H18N4O2. The molecule has 0 saturated carbocycles. The van der Waals surface area contributed by atoms with Crippen LogP contribution in [-0.4, -0.2) is 21.7 Å². The minimum absolute atomic E-state index is 0.515. The maximum atomic E-state index is 8.66. The Morgan fingerprint density at radius 3 is 3.00 bits per heavy atom. The van der Waals surface area contributed by atoms with E-state index in [9.17, 15) is 0 Å². The summed E-state index contributed by atoms with van der Waals surface area (Å²) >= 11 is 0. The zero-order valence-corrected chi connectivity index (χ0v) is 12.4. The lowest BCUT2D eigenvalue weighted by atomic mass is 9.96. The molecule has 0 amide bonds. The van der Waals surface area contributed by atoms with Gasteiger partial charge in [0.2, 0.25) is 5.82 Å². The van der Waals surface area contributed by atoms with Crippen molar-refractivity contribution in [2.75, 3.05) is 0 Å². The van der Waals surface area contributed by atoms with Crippen molar-refractivity contribution in [1.82, 2.24) is 15.6 Å². The highest BCUT2D eigenvalue weighted by molar-refractivity contribution is 5.68. The Hall–Kier alpha value is -2.47. The van der Waals surface area contributed by atoms with Gasteiger partial charge in [-0.2, -0.15) is 4.98 Å². The van der Waals surface area contributed by atoms with Crippen molar-refractivity contribution >= 4 is 11.9 Å². The summed E-state index contributed by atoms with van der Waals surface area (Å²) in [7, 11) is 0. The van der Waals surface area contributed by atoms with Crippen molar-refractivity contribution in [1.29, 1.82) is 0 Å². The Labute approximate surface area is 128 Å². The quantitative estimate of drug-likeness (QED) is 0.514. The molecule has 2 aromatic rings. The number of hydrogen-bond acceptors (Lipinski definition) is 5. The second kappa shape index (κ2) is 6.53. The van der Waals surface area contributed by atoms with Gasteiger partial charge in [0.1, 0.15) is 6.34 Å². The average molecular weight is 298 g/mol. The molecular weight excluding hydrogens is 280 g/mol. The Morgan fingerprint density at radius 2 is 2.18 bits per heavy atom. The van der Waals surface area contributed by atoms with Crippen molar-refractivity contribution in [3.63, 3.8) is 0 Å². The van der Waals surface area contributed by atoms with Crippen LogP contribution in [0.2, 0.25) is 0 Å². The normalized spacial score (nSPS) is 15.5.